The number of likely N-dealkylation sites (N-methyl/N-ethyl adjacent to an activating group) is 1. The number of anilines is 1. The molecule has 0 amide bonds. The van der Waals surface area contributed by atoms with Crippen molar-refractivity contribution in [1.29, 1.82) is 0 Å². The minimum Gasteiger partial charge on any atom is -0.497 e. The van der Waals surface area contributed by atoms with Gasteiger partial charge < -0.3 is 14.4 Å². The lowest BCUT2D eigenvalue weighted by atomic mass is 10.0. The zero-order valence-corrected chi connectivity index (χ0v) is 13.2. The molecule has 1 aromatic rings. The number of hydrogen-bond donors (Lipinski definition) is 1. The fraction of sp³-hybridized carbons (Fsp3) is 0.562. The monoisotopic (exact) mass is 292 g/mol. The normalized spacial score (nSPS) is 17.0. The van der Waals surface area contributed by atoms with E-state index in [9.17, 15) is 4.79 Å². The Hall–Kier alpha value is -1.75. The van der Waals surface area contributed by atoms with E-state index in [0.717, 1.165) is 24.3 Å². The second-order valence-corrected chi connectivity index (χ2v) is 5.80. The molecule has 0 saturated heterocycles. The van der Waals surface area contributed by atoms with Crippen LogP contribution in [-0.2, 0) is 9.53 Å². The quantitative estimate of drug-likeness (QED) is 0.777. The third-order valence-electron chi connectivity index (χ3n) is 3.80. The van der Waals surface area contributed by atoms with Crippen molar-refractivity contribution in [2.45, 2.75) is 31.3 Å². The number of nitrogens with one attached hydrogen (secondary N) is 1. The number of carbonyl (C=O) groups excluding carboxylic acids is 1. The summed E-state index contributed by atoms with van der Waals surface area (Å²) in [4.78, 5) is 14.2. The molecule has 0 radical (unpaired) electrons. The highest BCUT2D eigenvalue weighted by Crippen LogP contribution is 2.25. The van der Waals surface area contributed by atoms with Gasteiger partial charge in [0.1, 0.15) is 11.3 Å². The minimum absolute atomic E-state index is 0.227. The van der Waals surface area contributed by atoms with Crippen molar-refractivity contribution in [1.82, 2.24) is 5.32 Å². The van der Waals surface area contributed by atoms with Gasteiger partial charge in [-0.1, -0.05) is 0 Å². The van der Waals surface area contributed by atoms with E-state index in [4.69, 9.17) is 9.47 Å². The summed E-state index contributed by atoms with van der Waals surface area (Å²) in [7, 11) is 5.05. The predicted molar refractivity (Wildman–Crippen MR) is 82.8 cm³/mol. The Labute approximate surface area is 126 Å². The summed E-state index contributed by atoms with van der Waals surface area (Å²) in [5.74, 6) is 0.591. The van der Waals surface area contributed by atoms with Crippen LogP contribution in [-0.4, -0.2) is 45.4 Å². The number of hydrogen-bond acceptors (Lipinski definition) is 5. The Morgan fingerprint density at radius 2 is 1.95 bits per heavy atom. The second kappa shape index (κ2) is 6.35. The van der Waals surface area contributed by atoms with Crippen LogP contribution in [0, 0.1) is 0 Å². The van der Waals surface area contributed by atoms with Crippen molar-refractivity contribution >= 4 is 11.7 Å². The van der Waals surface area contributed by atoms with Crippen LogP contribution in [0.25, 0.3) is 0 Å². The van der Waals surface area contributed by atoms with Crippen molar-refractivity contribution < 1.29 is 14.3 Å². The third kappa shape index (κ3) is 3.88. The lowest BCUT2D eigenvalue weighted by Crippen LogP contribution is -2.57. The first-order valence-corrected chi connectivity index (χ1v) is 7.20. The molecule has 21 heavy (non-hydrogen) atoms. The van der Waals surface area contributed by atoms with E-state index >= 15 is 0 Å². The summed E-state index contributed by atoms with van der Waals surface area (Å²) < 4.78 is 10.1. The van der Waals surface area contributed by atoms with Gasteiger partial charge in [-0.25, -0.2) is 4.79 Å². The van der Waals surface area contributed by atoms with E-state index < -0.39 is 5.54 Å². The van der Waals surface area contributed by atoms with Crippen LogP contribution in [0.1, 0.15) is 19.8 Å². The molecule has 5 nitrogen and oxygen atoms in total. The number of nitrogens with zero attached hydrogens (tertiary/aromatic N) is 1. The van der Waals surface area contributed by atoms with E-state index in [1.54, 1.807) is 7.11 Å². The molecule has 1 atom stereocenters. The van der Waals surface area contributed by atoms with Crippen LogP contribution in [0.4, 0.5) is 5.69 Å². The zero-order chi connectivity index (χ0) is 15.5. The summed E-state index contributed by atoms with van der Waals surface area (Å²) in [6, 6.07) is 8.21. The number of rotatable bonds is 7. The number of methoxy groups -OCH3 is 2. The summed E-state index contributed by atoms with van der Waals surface area (Å²) in [6.45, 7) is 2.44. The van der Waals surface area contributed by atoms with Crippen molar-refractivity contribution in [2.75, 3.05) is 32.7 Å². The van der Waals surface area contributed by atoms with Gasteiger partial charge >= 0.3 is 5.97 Å². The first kappa shape index (κ1) is 15.6. The average Bonchev–Trinajstić information content (AvgIpc) is 3.29. The molecule has 1 N–H and O–H groups in total. The fourth-order valence-electron chi connectivity index (χ4n) is 2.47. The maximum Gasteiger partial charge on any atom is 0.327 e. The Morgan fingerprint density at radius 1 is 1.33 bits per heavy atom. The maximum absolute atomic E-state index is 12.1. The molecule has 0 bridgehead atoms. The Bertz CT molecular complexity index is 485. The van der Waals surface area contributed by atoms with Gasteiger partial charge in [0.25, 0.3) is 0 Å². The van der Waals surface area contributed by atoms with E-state index in [-0.39, 0.29) is 5.97 Å². The minimum atomic E-state index is -0.704. The molecule has 0 heterocycles. The zero-order valence-electron chi connectivity index (χ0n) is 13.2. The molecule has 116 valence electrons. The highest BCUT2D eigenvalue weighted by Gasteiger charge is 2.40. The maximum atomic E-state index is 12.1. The lowest BCUT2D eigenvalue weighted by molar-refractivity contribution is -0.147. The number of benzene rings is 1. The molecule has 2 rings (SSSR count). The largest absolute Gasteiger partial charge is 0.497 e. The van der Waals surface area contributed by atoms with Gasteiger partial charge in [0.2, 0.25) is 0 Å². The topological polar surface area (TPSA) is 50.8 Å². The second-order valence-electron chi connectivity index (χ2n) is 5.80. The van der Waals surface area contributed by atoms with Crippen LogP contribution < -0.4 is 15.0 Å². The van der Waals surface area contributed by atoms with E-state index in [2.05, 4.69) is 5.32 Å². The highest BCUT2D eigenvalue weighted by atomic mass is 16.5. The number of carbonyl (C=O) groups is 1. The van der Waals surface area contributed by atoms with Crippen molar-refractivity contribution in [3.63, 3.8) is 0 Å². The molecule has 1 aliphatic carbocycles. The van der Waals surface area contributed by atoms with Gasteiger partial charge in [-0.2, -0.15) is 0 Å². The van der Waals surface area contributed by atoms with Gasteiger partial charge in [-0.15, -0.1) is 0 Å². The van der Waals surface area contributed by atoms with Gasteiger partial charge in [0, 0.05) is 25.3 Å². The first-order chi connectivity index (χ1) is 9.98. The van der Waals surface area contributed by atoms with E-state index in [1.165, 1.54) is 7.11 Å². The molecular formula is C16H24N2O3. The van der Waals surface area contributed by atoms with Crippen LogP contribution in [0.15, 0.2) is 24.3 Å². The number of esters is 1. The average molecular weight is 292 g/mol. The van der Waals surface area contributed by atoms with Crippen molar-refractivity contribution in [3.05, 3.63) is 24.3 Å². The van der Waals surface area contributed by atoms with Crippen LogP contribution in [0.5, 0.6) is 5.75 Å². The van der Waals surface area contributed by atoms with Crippen molar-refractivity contribution in [2.24, 2.45) is 0 Å². The molecule has 1 aliphatic rings. The Morgan fingerprint density at radius 3 is 2.43 bits per heavy atom. The van der Waals surface area contributed by atoms with Crippen molar-refractivity contribution in [3.8, 4) is 5.75 Å². The Balaban J connectivity index is 2.08. The number of ether oxygens (including phenoxy) is 2. The first-order valence-electron chi connectivity index (χ1n) is 7.20. The predicted octanol–water partition coefficient (Wildman–Crippen LogP) is 1.82. The molecular weight excluding hydrogens is 268 g/mol. The molecule has 1 aromatic carbocycles. The SMILES string of the molecule is COC(=O)C(C)(CN(C)c1ccc(OC)cc1)NC1CC1. The van der Waals surface area contributed by atoms with Crippen LogP contribution >= 0.6 is 0 Å². The van der Waals surface area contributed by atoms with Gasteiger partial charge in [0.15, 0.2) is 0 Å². The summed E-state index contributed by atoms with van der Waals surface area (Å²) >= 11 is 0. The standard InChI is InChI=1S/C16H24N2O3/c1-16(15(19)21-4,17-12-5-6-12)11-18(2)13-7-9-14(20-3)10-8-13/h7-10,12,17H,5-6,11H2,1-4H3. The molecule has 5 heteroatoms. The van der Waals surface area contributed by atoms with E-state index in [0.29, 0.717) is 12.6 Å². The van der Waals surface area contributed by atoms with Crippen LogP contribution in [0.3, 0.4) is 0 Å². The molecule has 1 unspecified atom stereocenters. The summed E-state index contributed by atoms with van der Waals surface area (Å²) in [5, 5.41) is 3.40. The lowest BCUT2D eigenvalue weighted by Gasteiger charge is -2.33. The van der Waals surface area contributed by atoms with Gasteiger partial charge in [0.05, 0.1) is 14.2 Å². The van der Waals surface area contributed by atoms with Crippen LogP contribution in [0.2, 0.25) is 0 Å². The smallest absolute Gasteiger partial charge is 0.327 e. The molecule has 0 aliphatic heterocycles. The molecule has 0 spiro atoms. The third-order valence-corrected chi connectivity index (χ3v) is 3.80. The summed E-state index contributed by atoms with van der Waals surface area (Å²) in [5.41, 5.74) is 0.327. The van der Waals surface area contributed by atoms with Gasteiger partial charge in [-0.3, -0.25) is 5.32 Å². The highest BCUT2D eigenvalue weighted by molar-refractivity contribution is 5.81. The Kier molecular flexibility index (Phi) is 4.73. The van der Waals surface area contributed by atoms with Gasteiger partial charge in [-0.05, 0) is 44.0 Å². The molecule has 1 fully saturated rings. The van der Waals surface area contributed by atoms with E-state index in [1.807, 2.05) is 43.1 Å². The molecule has 1 saturated carbocycles. The molecule has 0 aromatic heterocycles. The summed E-state index contributed by atoms with van der Waals surface area (Å²) in [6.07, 6.45) is 2.25. The fourth-order valence-corrected chi connectivity index (χ4v) is 2.47.